The molecule has 0 bridgehead atoms. The van der Waals surface area contributed by atoms with Gasteiger partial charge in [-0.2, -0.15) is 0 Å². The van der Waals surface area contributed by atoms with Gasteiger partial charge in [-0.1, -0.05) is 12.1 Å². The normalized spacial score (nSPS) is 20.5. The minimum absolute atomic E-state index is 0.0309. The molecule has 2 N–H and O–H groups in total. The van der Waals surface area contributed by atoms with E-state index in [9.17, 15) is 14.7 Å². The van der Waals surface area contributed by atoms with Crippen LogP contribution in [-0.4, -0.2) is 77.7 Å². The van der Waals surface area contributed by atoms with E-state index in [2.05, 4.69) is 11.4 Å². The summed E-state index contributed by atoms with van der Waals surface area (Å²) < 4.78 is 6.57. The summed E-state index contributed by atoms with van der Waals surface area (Å²) in [6.45, 7) is 8.01. The first-order valence-corrected chi connectivity index (χ1v) is 13.1. The molecule has 2 fully saturated rings. The molecule has 1 atom stereocenters. The molecule has 36 heavy (non-hydrogen) atoms. The third kappa shape index (κ3) is 4.65. The van der Waals surface area contributed by atoms with Crippen molar-refractivity contribution < 1.29 is 19.4 Å². The maximum absolute atomic E-state index is 13.2. The van der Waals surface area contributed by atoms with Crippen LogP contribution in [0.5, 0.6) is 5.75 Å². The van der Waals surface area contributed by atoms with E-state index in [1.807, 2.05) is 61.2 Å². The summed E-state index contributed by atoms with van der Waals surface area (Å²) >= 11 is 0. The van der Waals surface area contributed by atoms with Gasteiger partial charge in [0.2, 0.25) is 0 Å². The fourth-order valence-electron chi connectivity index (χ4n) is 5.48. The molecule has 3 aliphatic rings. The molecule has 3 aliphatic heterocycles. The summed E-state index contributed by atoms with van der Waals surface area (Å²) in [5, 5.41) is 13.3. The molecule has 2 aromatic rings. The Kier molecular flexibility index (Phi) is 6.86. The molecule has 0 aromatic heterocycles. The number of aliphatic hydroxyl groups excluding tert-OH is 1. The Morgan fingerprint density at radius 3 is 2.42 bits per heavy atom. The molecule has 7 nitrogen and oxygen atoms in total. The van der Waals surface area contributed by atoms with E-state index in [0.29, 0.717) is 43.7 Å². The van der Waals surface area contributed by atoms with Crippen molar-refractivity contribution in [1.29, 1.82) is 0 Å². The largest absolute Gasteiger partial charge is 0.482 e. The summed E-state index contributed by atoms with van der Waals surface area (Å²) in [7, 11) is 0. The van der Waals surface area contributed by atoms with Crippen LogP contribution >= 0.6 is 0 Å². The van der Waals surface area contributed by atoms with Gasteiger partial charge in [0, 0.05) is 55.7 Å². The van der Waals surface area contributed by atoms with Crippen LogP contribution < -0.4 is 10.1 Å². The SMILES string of the molecule is CCN(CC)C(=O)c1ccc(C2=CC3(CCNCC3)Oc3ccc(C(=O)N4CC[C@H](O)C4)cc32)cc1. The van der Waals surface area contributed by atoms with Crippen LogP contribution in [-0.2, 0) is 0 Å². The second-order valence-electron chi connectivity index (χ2n) is 9.93. The highest BCUT2D eigenvalue weighted by molar-refractivity contribution is 5.98. The Hall–Kier alpha value is -3.16. The fourth-order valence-corrected chi connectivity index (χ4v) is 5.48. The second kappa shape index (κ2) is 10.1. The molecule has 0 aliphatic carbocycles. The number of carbonyl (C=O) groups is 2. The Morgan fingerprint density at radius 2 is 1.78 bits per heavy atom. The van der Waals surface area contributed by atoms with Crippen LogP contribution in [0.3, 0.4) is 0 Å². The van der Waals surface area contributed by atoms with Crippen LogP contribution in [0.15, 0.2) is 48.5 Å². The predicted molar refractivity (Wildman–Crippen MR) is 139 cm³/mol. The molecule has 3 heterocycles. The van der Waals surface area contributed by atoms with Gasteiger partial charge in [-0.05, 0) is 80.9 Å². The molecular weight excluding hydrogens is 454 g/mol. The number of likely N-dealkylation sites (tertiary alicyclic amines) is 1. The van der Waals surface area contributed by atoms with E-state index < -0.39 is 11.7 Å². The Bertz CT molecular complexity index is 1160. The number of aliphatic hydroxyl groups is 1. The van der Waals surface area contributed by atoms with Crippen LogP contribution in [0.25, 0.3) is 5.57 Å². The van der Waals surface area contributed by atoms with Gasteiger partial charge in [0.25, 0.3) is 11.8 Å². The molecule has 7 heteroatoms. The number of nitrogens with one attached hydrogen (secondary N) is 1. The highest BCUT2D eigenvalue weighted by Gasteiger charge is 2.37. The van der Waals surface area contributed by atoms with Crippen molar-refractivity contribution in [3.63, 3.8) is 0 Å². The van der Waals surface area contributed by atoms with Crippen molar-refractivity contribution in [3.05, 3.63) is 70.8 Å². The summed E-state index contributed by atoms with van der Waals surface area (Å²) in [5.41, 5.74) is 3.77. The zero-order valence-corrected chi connectivity index (χ0v) is 21.1. The van der Waals surface area contributed by atoms with Crippen LogP contribution in [0, 0.1) is 0 Å². The minimum Gasteiger partial charge on any atom is -0.482 e. The van der Waals surface area contributed by atoms with E-state index in [1.165, 1.54) is 0 Å². The number of β-amino-alcohol motifs (C(OH)–C–C–N with tert-alkyl or cyclic N) is 1. The maximum Gasteiger partial charge on any atom is 0.253 e. The van der Waals surface area contributed by atoms with E-state index in [0.717, 1.165) is 48.4 Å². The molecule has 2 amide bonds. The van der Waals surface area contributed by atoms with Gasteiger partial charge in [0.15, 0.2) is 0 Å². The molecule has 5 rings (SSSR count). The molecule has 2 saturated heterocycles. The lowest BCUT2D eigenvalue weighted by molar-refractivity contribution is 0.0758. The third-order valence-electron chi connectivity index (χ3n) is 7.63. The molecule has 0 radical (unpaired) electrons. The van der Waals surface area contributed by atoms with Gasteiger partial charge in [0.05, 0.1) is 6.10 Å². The summed E-state index contributed by atoms with van der Waals surface area (Å²) in [6.07, 6.45) is 4.09. The summed E-state index contributed by atoms with van der Waals surface area (Å²) in [6, 6.07) is 13.4. The van der Waals surface area contributed by atoms with Gasteiger partial charge in [-0.3, -0.25) is 9.59 Å². The monoisotopic (exact) mass is 489 g/mol. The lowest BCUT2D eigenvalue weighted by Gasteiger charge is -2.40. The first kappa shape index (κ1) is 24.5. The highest BCUT2D eigenvalue weighted by atomic mass is 16.5. The zero-order valence-electron chi connectivity index (χ0n) is 21.1. The number of benzene rings is 2. The minimum atomic E-state index is -0.456. The van der Waals surface area contributed by atoms with Gasteiger partial charge in [-0.15, -0.1) is 0 Å². The molecule has 0 saturated carbocycles. The molecular formula is C29H35N3O4. The van der Waals surface area contributed by atoms with Crippen molar-refractivity contribution in [2.45, 2.75) is 44.8 Å². The predicted octanol–water partition coefficient (Wildman–Crippen LogP) is 3.32. The summed E-state index contributed by atoms with van der Waals surface area (Å²) in [4.78, 5) is 29.5. The third-order valence-corrected chi connectivity index (χ3v) is 7.63. The molecule has 2 aromatic carbocycles. The van der Waals surface area contributed by atoms with Gasteiger partial charge < -0.3 is 25.0 Å². The lowest BCUT2D eigenvalue weighted by atomic mass is 9.83. The standard InChI is InChI=1S/C29H35N3O4/c1-3-31(4-2)27(34)21-7-5-20(6-8-21)25-18-29(12-14-30-15-13-29)36-26-10-9-22(17-24(25)26)28(35)32-16-11-23(33)19-32/h5-10,17-18,23,30,33H,3-4,11-16,19H2,1-2H3/t23-/m0/s1. The van der Waals surface area contributed by atoms with Crippen molar-refractivity contribution in [3.8, 4) is 5.75 Å². The molecule has 190 valence electrons. The molecule has 0 unspecified atom stereocenters. The van der Waals surface area contributed by atoms with Crippen LogP contribution in [0.1, 0.15) is 65.0 Å². The van der Waals surface area contributed by atoms with Crippen molar-refractivity contribution in [1.82, 2.24) is 15.1 Å². The smallest absolute Gasteiger partial charge is 0.253 e. The van der Waals surface area contributed by atoms with Crippen molar-refractivity contribution in [2.24, 2.45) is 0 Å². The first-order chi connectivity index (χ1) is 17.4. The number of hydrogen-bond acceptors (Lipinski definition) is 5. The van der Waals surface area contributed by atoms with E-state index in [1.54, 1.807) is 4.90 Å². The Morgan fingerprint density at radius 1 is 1.08 bits per heavy atom. The lowest BCUT2D eigenvalue weighted by Crippen LogP contribution is -2.46. The summed E-state index contributed by atoms with van der Waals surface area (Å²) in [5.74, 6) is 0.732. The van der Waals surface area contributed by atoms with E-state index in [-0.39, 0.29) is 11.8 Å². The highest BCUT2D eigenvalue weighted by Crippen LogP contribution is 2.43. The average molecular weight is 490 g/mol. The van der Waals surface area contributed by atoms with Gasteiger partial charge >= 0.3 is 0 Å². The fraction of sp³-hybridized carbons (Fsp3) is 0.448. The number of carbonyl (C=O) groups excluding carboxylic acids is 2. The number of hydrogen-bond donors (Lipinski definition) is 2. The van der Waals surface area contributed by atoms with Crippen LogP contribution in [0.2, 0.25) is 0 Å². The van der Waals surface area contributed by atoms with Crippen molar-refractivity contribution in [2.75, 3.05) is 39.3 Å². The van der Waals surface area contributed by atoms with Gasteiger partial charge in [-0.25, -0.2) is 0 Å². The number of nitrogens with zero attached hydrogens (tertiary/aromatic N) is 2. The van der Waals surface area contributed by atoms with E-state index >= 15 is 0 Å². The Labute approximate surface area is 212 Å². The second-order valence-corrected chi connectivity index (χ2v) is 9.93. The number of amides is 2. The number of fused-ring (bicyclic) bond motifs is 1. The average Bonchev–Trinajstić information content (AvgIpc) is 3.35. The number of ether oxygens (including phenoxy) is 1. The molecule has 1 spiro atoms. The first-order valence-electron chi connectivity index (χ1n) is 13.1. The maximum atomic E-state index is 13.2. The number of piperidine rings is 1. The van der Waals surface area contributed by atoms with Crippen LogP contribution in [0.4, 0.5) is 0 Å². The topological polar surface area (TPSA) is 82.1 Å². The van der Waals surface area contributed by atoms with E-state index in [4.69, 9.17) is 4.74 Å². The Balaban J connectivity index is 1.52. The zero-order chi connectivity index (χ0) is 25.3. The quantitative estimate of drug-likeness (QED) is 0.674. The van der Waals surface area contributed by atoms with Gasteiger partial charge in [0.1, 0.15) is 11.4 Å². The van der Waals surface area contributed by atoms with Crippen molar-refractivity contribution >= 4 is 17.4 Å². The number of rotatable bonds is 5.